The summed E-state index contributed by atoms with van der Waals surface area (Å²) >= 11 is 0. The number of aryl methyl sites for hydroxylation is 2. The molecule has 0 spiro atoms. The smallest absolute Gasteiger partial charge is 0.0500 e. The van der Waals surface area contributed by atoms with Gasteiger partial charge in [0.1, 0.15) is 0 Å². The Morgan fingerprint density at radius 3 is 2.65 bits per heavy atom. The van der Waals surface area contributed by atoms with Gasteiger partial charge in [-0.3, -0.25) is 4.98 Å². The molecular weight excluding hydrogens is 208 g/mol. The predicted molar refractivity (Wildman–Crippen MR) is 73.6 cm³/mol. The Bertz CT molecular complexity index is 529. The van der Waals surface area contributed by atoms with Crippen LogP contribution in [-0.4, -0.2) is 9.97 Å². The fourth-order valence-corrected chi connectivity index (χ4v) is 2.34. The van der Waals surface area contributed by atoms with Gasteiger partial charge in [-0.05, 0) is 37.1 Å². The molecule has 3 rings (SSSR count). The number of fused-ring (bicyclic) bond motifs is 2. The van der Waals surface area contributed by atoms with Gasteiger partial charge < -0.3 is 4.98 Å². The second-order valence-corrected chi connectivity index (χ2v) is 4.37. The van der Waals surface area contributed by atoms with Gasteiger partial charge in [-0.1, -0.05) is 19.9 Å². The third-order valence-corrected chi connectivity index (χ3v) is 3.06. The number of hydrogen-bond donors (Lipinski definition) is 1. The van der Waals surface area contributed by atoms with Gasteiger partial charge in [0, 0.05) is 31.4 Å². The molecule has 2 aromatic heterocycles. The molecule has 2 aromatic rings. The first-order chi connectivity index (χ1) is 8.22. The van der Waals surface area contributed by atoms with Crippen molar-refractivity contribution < 1.29 is 1.43 Å². The lowest BCUT2D eigenvalue weighted by Gasteiger charge is -2.15. The molecule has 1 N–H and O–H groups in total. The number of nitrogens with one attached hydrogen (secondary N) is 1. The maximum Gasteiger partial charge on any atom is 0.0500 e. The van der Waals surface area contributed by atoms with Crippen LogP contribution in [0.25, 0.3) is 0 Å². The number of nitrogens with zero attached hydrogens (tertiary/aromatic N) is 1. The molecule has 0 bridgehead atoms. The van der Waals surface area contributed by atoms with Crippen molar-refractivity contribution in [1.82, 2.24) is 9.97 Å². The van der Waals surface area contributed by atoms with Gasteiger partial charge in [-0.25, -0.2) is 0 Å². The molecule has 92 valence electrons. The van der Waals surface area contributed by atoms with Gasteiger partial charge in [0.05, 0.1) is 5.69 Å². The summed E-state index contributed by atoms with van der Waals surface area (Å²) in [4.78, 5) is 8.02. The molecule has 2 heterocycles. The van der Waals surface area contributed by atoms with E-state index in [1.54, 1.807) is 0 Å². The number of pyridine rings is 1. The lowest BCUT2D eigenvalue weighted by atomic mass is 9.94. The Kier molecular flexibility index (Phi) is 3.32. The summed E-state index contributed by atoms with van der Waals surface area (Å²) < 4.78 is 0. The summed E-state index contributed by atoms with van der Waals surface area (Å²) in [6, 6.07) is 6.56. The fourth-order valence-electron chi connectivity index (χ4n) is 2.34. The predicted octanol–water partition coefficient (Wildman–Crippen LogP) is 3.79. The van der Waals surface area contributed by atoms with E-state index in [0.29, 0.717) is 0 Å². The van der Waals surface area contributed by atoms with Gasteiger partial charge in [-0.15, -0.1) is 0 Å². The molecule has 0 fully saturated rings. The van der Waals surface area contributed by atoms with Crippen molar-refractivity contribution in [2.45, 2.75) is 40.5 Å². The van der Waals surface area contributed by atoms with E-state index in [1.165, 1.54) is 28.2 Å². The van der Waals surface area contributed by atoms with Gasteiger partial charge in [0.15, 0.2) is 0 Å². The van der Waals surface area contributed by atoms with Crippen LogP contribution in [-0.2, 0) is 12.8 Å². The first kappa shape index (κ1) is 11.9. The fraction of sp³-hybridized carbons (Fsp3) is 0.400. The Balaban J connectivity index is 0.000000516. The normalized spacial score (nSPS) is 12.2. The number of rotatable bonds is 0. The van der Waals surface area contributed by atoms with Crippen LogP contribution in [0.1, 0.15) is 49.2 Å². The van der Waals surface area contributed by atoms with Crippen molar-refractivity contribution >= 4 is 0 Å². The van der Waals surface area contributed by atoms with E-state index in [9.17, 15) is 0 Å². The third kappa shape index (κ3) is 2.26. The zero-order chi connectivity index (χ0) is 12.4. The summed E-state index contributed by atoms with van der Waals surface area (Å²) in [6.07, 6.45) is 1.99. The minimum Gasteiger partial charge on any atom is -0.362 e. The lowest BCUT2D eigenvalue weighted by molar-refractivity contribution is 0.904. The minimum absolute atomic E-state index is 0. The molecule has 0 aromatic carbocycles. The molecule has 0 atom stereocenters. The zero-order valence-corrected chi connectivity index (χ0v) is 11.1. The minimum atomic E-state index is 0. The van der Waals surface area contributed by atoms with Gasteiger partial charge in [-0.2, -0.15) is 0 Å². The molecule has 0 amide bonds. The Labute approximate surface area is 105 Å². The quantitative estimate of drug-likeness (QED) is 0.625. The van der Waals surface area contributed by atoms with E-state index in [1.807, 2.05) is 13.8 Å². The van der Waals surface area contributed by atoms with Crippen LogP contribution in [0.15, 0.2) is 18.2 Å². The molecule has 1 aliphatic carbocycles. The van der Waals surface area contributed by atoms with Crippen LogP contribution >= 0.6 is 0 Å². The van der Waals surface area contributed by atoms with Crippen LogP contribution in [0.2, 0.25) is 0 Å². The maximum absolute atomic E-state index is 4.60. The number of hydrogen-bond acceptors (Lipinski definition) is 1. The van der Waals surface area contributed by atoms with Gasteiger partial charge in [0.25, 0.3) is 0 Å². The summed E-state index contributed by atoms with van der Waals surface area (Å²) in [5, 5.41) is 0. The largest absolute Gasteiger partial charge is 0.362 e. The molecule has 0 aliphatic heterocycles. The molecule has 2 heteroatoms. The van der Waals surface area contributed by atoms with Gasteiger partial charge in [0.2, 0.25) is 0 Å². The van der Waals surface area contributed by atoms with E-state index >= 15 is 0 Å². The number of aromatic amines is 1. The third-order valence-electron chi connectivity index (χ3n) is 3.06. The highest BCUT2D eigenvalue weighted by Crippen LogP contribution is 2.26. The first-order valence-electron chi connectivity index (χ1n) is 6.35. The first-order valence-corrected chi connectivity index (χ1v) is 6.35. The molecule has 0 radical (unpaired) electrons. The van der Waals surface area contributed by atoms with Crippen molar-refractivity contribution in [3.63, 3.8) is 0 Å². The molecule has 0 saturated heterocycles. The van der Waals surface area contributed by atoms with Crippen LogP contribution in [0.4, 0.5) is 0 Å². The average Bonchev–Trinajstić information content (AvgIpc) is 2.68. The van der Waals surface area contributed by atoms with E-state index in [-0.39, 0.29) is 1.43 Å². The highest BCUT2D eigenvalue weighted by Gasteiger charge is 2.17. The highest BCUT2D eigenvalue weighted by molar-refractivity contribution is 5.41. The molecular formula is C15H22N2. The summed E-state index contributed by atoms with van der Waals surface area (Å²) in [5.74, 6) is 0. The monoisotopic (exact) mass is 230 g/mol. The van der Waals surface area contributed by atoms with Crippen molar-refractivity contribution in [3.8, 4) is 0 Å². The lowest BCUT2D eigenvalue weighted by Crippen LogP contribution is -2.08. The number of aromatic nitrogens is 2. The van der Waals surface area contributed by atoms with E-state index in [4.69, 9.17) is 0 Å². The second kappa shape index (κ2) is 4.74. The van der Waals surface area contributed by atoms with Gasteiger partial charge >= 0.3 is 0 Å². The average molecular weight is 230 g/mol. The van der Waals surface area contributed by atoms with Crippen molar-refractivity contribution in [1.29, 1.82) is 0 Å². The second-order valence-electron chi connectivity index (χ2n) is 4.37. The van der Waals surface area contributed by atoms with Crippen LogP contribution < -0.4 is 0 Å². The molecule has 0 unspecified atom stereocenters. The molecule has 17 heavy (non-hydrogen) atoms. The van der Waals surface area contributed by atoms with Crippen molar-refractivity contribution in [2.75, 3.05) is 0 Å². The summed E-state index contributed by atoms with van der Waals surface area (Å²) in [5.41, 5.74) is 7.77. The van der Waals surface area contributed by atoms with Crippen molar-refractivity contribution in [3.05, 3.63) is 52.1 Å². The van der Waals surface area contributed by atoms with Crippen LogP contribution in [0.3, 0.4) is 0 Å². The highest BCUT2D eigenvalue weighted by atomic mass is 14.8. The van der Waals surface area contributed by atoms with E-state index in [0.717, 1.165) is 18.5 Å². The number of H-pyrrole nitrogens is 1. The van der Waals surface area contributed by atoms with E-state index in [2.05, 4.69) is 42.0 Å². The zero-order valence-electron chi connectivity index (χ0n) is 11.1. The van der Waals surface area contributed by atoms with Crippen molar-refractivity contribution in [2.24, 2.45) is 0 Å². The Morgan fingerprint density at radius 2 is 1.88 bits per heavy atom. The topological polar surface area (TPSA) is 28.7 Å². The summed E-state index contributed by atoms with van der Waals surface area (Å²) in [7, 11) is 0. The SMILES string of the molecule is CC.Cc1ccc2c(n1)Cc1[nH]c(C)cc1C2.[HH]. The van der Waals surface area contributed by atoms with E-state index < -0.39 is 0 Å². The Morgan fingerprint density at radius 1 is 1.12 bits per heavy atom. The molecule has 0 saturated carbocycles. The van der Waals surface area contributed by atoms with Crippen LogP contribution in [0, 0.1) is 13.8 Å². The summed E-state index contributed by atoms with van der Waals surface area (Å²) in [6.45, 7) is 8.16. The standard InChI is InChI=1S/C13H14N2.C2H6.H2/c1-8-3-4-10-6-11-5-9(2)15-13(11)7-12(10)14-8;1-2;/h3-5,15H,6-7H2,1-2H3;1-2H3;1H. The molecule has 1 aliphatic rings. The van der Waals surface area contributed by atoms with Crippen LogP contribution in [0.5, 0.6) is 0 Å². The maximum atomic E-state index is 4.60. The Hall–Kier alpha value is -1.57. The molecule has 2 nitrogen and oxygen atoms in total.